The molecule has 0 aliphatic heterocycles. The maximum absolute atomic E-state index is 12.6. The van der Waals surface area contributed by atoms with Crippen LogP contribution in [0.4, 0.5) is 5.00 Å². The summed E-state index contributed by atoms with van der Waals surface area (Å²) in [5.74, 6) is -1.35. The number of hydrogen-bond acceptors (Lipinski definition) is 4. The zero-order valence-electron chi connectivity index (χ0n) is 11.7. The molecule has 21 heavy (non-hydrogen) atoms. The second kappa shape index (κ2) is 5.95. The molecule has 1 N–H and O–H groups in total. The van der Waals surface area contributed by atoms with E-state index in [-0.39, 0.29) is 11.5 Å². The van der Waals surface area contributed by atoms with E-state index in [0.29, 0.717) is 16.3 Å². The molecule has 0 spiro atoms. The molecule has 0 aliphatic rings. The number of nitrogens with zero attached hydrogens (tertiary/aromatic N) is 2. The SMILES string of the molecule is Cc1ccc(Br)cc1C(=O)N(C)c1snc(C)c1C(=O)O. The van der Waals surface area contributed by atoms with Gasteiger partial charge < -0.3 is 10.0 Å². The molecule has 1 aromatic carbocycles. The van der Waals surface area contributed by atoms with E-state index in [9.17, 15) is 14.7 Å². The first kappa shape index (κ1) is 15.7. The lowest BCUT2D eigenvalue weighted by Crippen LogP contribution is -2.27. The van der Waals surface area contributed by atoms with Crippen molar-refractivity contribution in [3.8, 4) is 0 Å². The van der Waals surface area contributed by atoms with Crippen LogP contribution in [0.25, 0.3) is 0 Å². The third kappa shape index (κ3) is 2.98. The van der Waals surface area contributed by atoms with Gasteiger partial charge in [0, 0.05) is 17.1 Å². The quantitative estimate of drug-likeness (QED) is 0.899. The Morgan fingerprint density at radius 1 is 1.33 bits per heavy atom. The van der Waals surface area contributed by atoms with Gasteiger partial charge in [-0.3, -0.25) is 4.79 Å². The highest BCUT2D eigenvalue weighted by molar-refractivity contribution is 9.10. The first-order chi connectivity index (χ1) is 9.82. The second-order valence-electron chi connectivity index (χ2n) is 4.58. The molecule has 0 bridgehead atoms. The molecule has 1 aromatic heterocycles. The molecule has 0 atom stereocenters. The fourth-order valence-electron chi connectivity index (χ4n) is 1.93. The molecule has 0 saturated carbocycles. The van der Waals surface area contributed by atoms with Crippen LogP contribution in [0.1, 0.15) is 32.0 Å². The predicted octanol–water partition coefficient (Wildman–Crippen LogP) is 3.50. The highest BCUT2D eigenvalue weighted by Gasteiger charge is 2.25. The molecule has 7 heteroatoms. The van der Waals surface area contributed by atoms with Gasteiger partial charge in [0.1, 0.15) is 10.6 Å². The first-order valence-corrected chi connectivity index (χ1v) is 7.63. The minimum atomic E-state index is -1.08. The molecule has 1 amide bonds. The molecule has 0 saturated heterocycles. The van der Waals surface area contributed by atoms with E-state index in [1.165, 1.54) is 4.90 Å². The van der Waals surface area contributed by atoms with Crippen molar-refractivity contribution in [3.63, 3.8) is 0 Å². The van der Waals surface area contributed by atoms with E-state index in [1.54, 1.807) is 20.0 Å². The topological polar surface area (TPSA) is 70.5 Å². The van der Waals surface area contributed by atoms with Gasteiger partial charge in [-0.1, -0.05) is 22.0 Å². The van der Waals surface area contributed by atoms with E-state index in [0.717, 1.165) is 21.6 Å². The van der Waals surface area contributed by atoms with Crippen molar-refractivity contribution in [2.24, 2.45) is 0 Å². The number of halogens is 1. The van der Waals surface area contributed by atoms with Crippen LogP contribution in [0.3, 0.4) is 0 Å². The third-order valence-corrected chi connectivity index (χ3v) is 4.61. The molecule has 110 valence electrons. The van der Waals surface area contributed by atoms with Gasteiger partial charge >= 0.3 is 5.97 Å². The monoisotopic (exact) mass is 368 g/mol. The molecule has 0 unspecified atom stereocenters. The Bertz CT molecular complexity index is 727. The largest absolute Gasteiger partial charge is 0.478 e. The molecule has 0 radical (unpaired) electrons. The summed E-state index contributed by atoms with van der Waals surface area (Å²) in [6.45, 7) is 3.45. The normalized spacial score (nSPS) is 10.5. The third-order valence-electron chi connectivity index (χ3n) is 3.10. The number of aromatic carboxylic acids is 1. The summed E-state index contributed by atoms with van der Waals surface area (Å²) in [5.41, 5.74) is 1.83. The summed E-state index contributed by atoms with van der Waals surface area (Å²) in [7, 11) is 1.56. The second-order valence-corrected chi connectivity index (χ2v) is 6.24. The Kier molecular flexibility index (Phi) is 4.43. The standard InChI is InChI=1S/C14H13BrN2O3S/c1-7-4-5-9(15)6-10(7)12(18)17(3)13-11(14(19)20)8(2)16-21-13/h4-6H,1-3H3,(H,19,20). The van der Waals surface area contributed by atoms with Gasteiger partial charge in [-0.15, -0.1) is 0 Å². The maximum atomic E-state index is 12.6. The predicted molar refractivity (Wildman–Crippen MR) is 85.4 cm³/mol. The number of anilines is 1. The summed E-state index contributed by atoms with van der Waals surface area (Å²) < 4.78 is 4.83. The number of rotatable bonds is 3. The summed E-state index contributed by atoms with van der Waals surface area (Å²) in [4.78, 5) is 25.2. The van der Waals surface area contributed by atoms with Gasteiger partial charge in [0.2, 0.25) is 0 Å². The van der Waals surface area contributed by atoms with Gasteiger partial charge in [0.15, 0.2) is 0 Å². The van der Waals surface area contributed by atoms with Gasteiger partial charge in [-0.2, -0.15) is 4.37 Å². The fraction of sp³-hybridized carbons (Fsp3) is 0.214. The summed E-state index contributed by atoms with van der Waals surface area (Å²) >= 11 is 4.35. The summed E-state index contributed by atoms with van der Waals surface area (Å²) in [5, 5.41) is 9.59. The lowest BCUT2D eigenvalue weighted by atomic mass is 10.1. The first-order valence-electron chi connectivity index (χ1n) is 6.06. The molecular formula is C14H13BrN2O3S. The van der Waals surface area contributed by atoms with Gasteiger partial charge in [0.05, 0.1) is 5.69 Å². The number of carboxylic acid groups (broad SMARTS) is 1. The van der Waals surface area contributed by atoms with Gasteiger partial charge in [-0.05, 0) is 43.1 Å². The van der Waals surface area contributed by atoms with Crippen LogP contribution in [0.2, 0.25) is 0 Å². The Morgan fingerprint density at radius 3 is 2.62 bits per heavy atom. The van der Waals surface area contributed by atoms with Crippen molar-refractivity contribution in [2.75, 3.05) is 11.9 Å². The Labute approximate surface area is 134 Å². The minimum absolute atomic E-state index is 0.0727. The van der Waals surface area contributed by atoms with E-state index in [2.05, 4.69) is 20.3 Å². The Morgan fingerprint density at radius 2 is 2.00 bits per heavy atom. The van der Waals surface area contributed by atoms with Crippen molar-refractivity contribution in [3.05, 3.63) is 45.1 Å². The summed E-state index contributed by atoms with van der Waals surface area (Å²) in [6.07, 6.45) is 0. The van der Waals surface area contributed by atoms with Crippen molar-refractivity contribution in [1.82, 2.24) is 4.37 Å². The van der Waals surface area contributed by atoms with Crippen LogP contribution in [0.15, 0.2) is 22.7 Å². The number of hydrogen-bond donors (Lipinski definition) is 1. The van der Waals surface area contributed by atoms with Crippen LogP contribution < -0.4 is 4.90 Å². The lowest BCUT2D eigenvalue weighted by molar-refractivity contribution is 0.0697. The molecule has 0 fully saturated rings. The van der Waals surface area contributed by atoms with Gasteiger partial charge in [0.25, 0.3) is 5.91 Å². The van der Waals surface area contributed by atoms with Crippen LogP contribution >= 0.6 is 27.5 Å². The number of amides is 1. The van der Waals surface area contributed by atoms with E-state index < -0.39 is 5.97 Å². The highest BCUT2D eigenvalue weighted by Crippen LogP contribution is 2.29. The van der Waals surface area contributed by atoms with Crippen molar-refractivity contribution in [1.29, 1.82) is 0 Å². The van der Waals surface area contributed by atoms with E-state index in [4.69, 9.17) is 0 Å². The number of aromatic nitrogens is 1. The van der Waals surface area contributed by atoms with Crippen LogP contribution in [0, 0.1) is 13.8 Å². The average Bonchev–Trinajstić information content (AvgIpc) is 2.81. The summed E-state index contributed by atoms with van der Waals surface area (Å²) in [6, 6.07) is 5.41. The zero-order chi connectivity index (χ0) is 15.7. The fourth-order valence-corrected chi connectivity index (χ4v) is 3.14. The van der Waals surface area contributed by atoms with E-state index >= 15 is 0 Å². The number of carbonyl (C=O) groups excluding carboxylic acids is 1. The number of benzene rings is 1. The Hall–Kier alpha value is -1.73. The Balaban J connectivity index is 2.45. The number of carboxylic acids is 1. The molecule has 2 aromatic rings. The van der Waals surface area contributed by atoms with Crippen molar-refractivity contribution >= 4 is 44.3 Å². The van der Waals surface area contributed by atoms with Crippen LogP contribution in [0.5, 0.6) is 0 Å². The molecule has 0 aliphatic carbocycles. The number of aryl methyl sites for hydroxylation is 2. The molecule has 1 heterocycles. The van der Waals surface area contributed by atoms with Crippen LogP contribution in [-0.2, 0) is 0 Å². The highest BCUT2D eigenvalue weighted by atomic mass is 79.9. The van der Waals surface area contributed by atoms with E-state index in [1.807, 2.05) is 19.1 Å². The molecule has 2 rings (SSSR count). The number of carbonyl (C=O) groups is 2. The van der Waals surface area contributed by atoms with Crippen molar-refractivity contribution in [2.45, 2.75) is 13.8 Å². The molecule has 5 nitrogen and oxygen atoms in total. The smallest absolute Gasteiger partial charge is 0.340 e. The lowest BCUT2D eigenvalue weighted by Gasteiger charge is -2.17. The molecular weight excluding hydrogens is 356 g/mol. The van der Waals surface area contributed by atoms with Crippen LogP contribution in [-0.4, -0.2) is 28.4 Å². The maximum Gasteiger partial charge on any atom is 0.340 e. The van der Waals surface area contributed by atoms with Gasteiger partial charge in [-0.25, -0.2) is 4.79 Å². The zero-order valence-corrected chi connectivity index (χ0v) is 14.1. The minimum Gasteiger partial charge on any atom is -0.478 e. The van der Waals surface area contributed by atoms with Crippen molar-refractivity contribution < 1.29 is 14.7 Å². The average molecular weight is 369 g/mol.